The Bertz CT molecular complexity index is 218. The van der Waals surface area contributed by atoms with E-state index in [1.54, 1.807) is 0 Å². The fourth-order valence-corrected chi connectivity index (χ4v) is 4.12. The lowest BCUT2D eigenvalue weighted by Crippen LogP contribution is -2.31. The molecule has 0 bridgehead atoms. The Morgan fingerprint density at radius 2 is 1.35 bits per heavy atom. The summed E-state index contributed by atoms with van der Waals surface area (Å²) >= 11 is 0. The Labute approximate surface area is 107 Å². The van der Waals surface area contributed by atoms with Gasteiger partial charge in [0, 0.05) is 0 Å². The molecule has 3 atom stereocenters. The van der Waals surface area contributed by atoms with Gasteiger partial charge >= 0.3 is 0 Å². The molecule has 2 rings (SSSR count). The van der Waals surface area contributed by atoms with E-state index in [9.17, 15) is 5.11 Å². The highest BCUT2D eigenvalue weighted by Crippen LogP contribution is 2.41. The standard InChI is InChI=1S/C16H30O/c1-3-12-5-8-14(9-6-12)16(17)15-10-7-13(4-2)11-15/h12-17H,3-11H2,1-2H3. The molecule has 2 saturated carbocycles. The van der Waals surface area contributed by atoms with Crippen LogP contribution in [0.1, 0.15) is 71.6 Å². The summed E-state index contributed by atoms with van der Waals surface area (Å²) in [5.74, 6) is 3.11. The third-order valence-electron chi connectivity index (χ3n) is 5.59. The molecule has 0 amide bonds. The highest BCUT2D eigenvalue weighted by molar-refractivity contribution is 4.86. The number of hydrogen-bond acceptors (Lipinski definition) is 1. The zero-order chi connectivity index (χ0) is 12.3. The molecule has 0 aromatic carbocycles. The van der Waals surface area contributed by atoms with E-state index in [2.05, 4.69) is 13.8 Å². The molecular weight excluding hydrogens is 208 g/mol. The van der Waals surface area contributed by atoms with Crippen molar-refractivity contribution in [2.75, 3.05) is 0 Å². The summed E-state index contributed by atoms with van der Waals surface area (Å²) in [7, 11) is 0. The van der Waals surface area contributed by atoms with E-state index in [0.29, 0.717) is 11.8 Å². The van der Waals surface area contributed by atoms with E-state index >= 15 is 0 Å². The molecule has 2 fully saturated rings. The first-order chi connectivity index (χ1) is 8.24. The van der Waals surface area contributed by atoms with E-state index in [0.717, 1.165) is 11.8 Å². The summed E-state index contributed by atoms with van der Waals surface area (Å²) in [6, 6.07) is 0. The first-order valence-corrected chi connectivity index (χ1v) is 7.92. The minimum atomic E-state index is 0.0179. The van der Waals surface area contributed by atoms with E-state index in [-0.39, 0.29) is 6.10 Å². The van der Waals surface area contributed by atoms with Crippen LogP contribution in [0, 0.1) is 23.7 Å². The second-order valence-electron chi connectivity index (χ2n) is 6.53. The quantitative estimate of drug-likeness (QED) is 0.770. The number of hydrogen-bond donors (Lipinski definition) is 1. The van der Waals surface area contributed by atoms with Crippen molar-refractivity contribution in [1.29, 1.82) is 0 Å². The largest absolute Gasteiger partial charge is 0.393 e. The predicted octanol–water partition coefficient (Wildman–Crippen LogP) is 4.39. The minimum Gasteiger partial charge on any atom is -0.393 e. The molecule has 3 unspecified atom stereocenters. The topological polar surface area (TPSA) is 20.2 Å². The average Bonchev–Trinajstić information content (AvgIpc) is 2.87. The molecule has 1 heteroatoms. The Hall–Kier alpha value is -0.0400. The maximum absolute atomic E-state index is 10.5. The van der Waals surface area contributed by atoms with Gasteiger partial charge in [0.2, 0.25) is 0 Å². The van der Waals surface area contributed by atoms with Gasteiger partial charge in [-0.3, -0.25) is 0 Å². The molecule has 0 heterocycles. The lowest BCUT2D eigenvalue weighted by Gasteiger charge is -2.33. The number of aliphatic hydroxyl groups excluding tert-OH is 1. The lowest BCUT2D eigenvalue weighted by atomic mass is 9.75. The van der Waals surface area contributed by atoms with Gasteiger partial charge in [-0.1, -0.05) is 46.0 Å². The van der Waals surface area contributed by atoms with Crippen molar-refractivity contribution in [1.82, 2.24) is 0 Å². The van der Waals surface area contributed by atoms with Gasteiger partial charge in [0.1, 0.15) is 0 Å². The van der Waals surface area contributed by atoms with Gasteiger partial charge in [-0.15, -0.1) is 0 Å². The zero-order valence-electron chi connectivity index (χ0n) is 11.7. The number of rotatable bonds is 4. The summed E-state index contributed by atoms with van der Waals surface area (Å²) < 4.78 is 0. The molecule has 1 N–H and O–H groups in total. The third-order valence-corrected chi connectivity index (χ3v) is 5.59. The fraction of sp³-hybridized carbons (Fsp3) is 1.00. The van der Waals surface area contributed by atoms with Crippen molar-refractivity contribution in [2.45, 2.75) is 77.7 Å². The van der Waals surface area contributed by atoms with Gasteiger partial charge in [-0.2, -0.15) is 0 Å². The predicted molar refractivity (Wildman–Crippen MR) is 72.9 cm³/mol. The number of aliphatic hydroxyl groups is 1. The van der Waals surface area contributed by atoms with E-state index in [1.165, 1.54) is 57.8 Å². The average molecular weight is 238 g/mol. The van der Waals surface area contributed by atoms with Crippen molar-refractivity contribution in [3.63, 3.8) is 0 Å². The summed E-state index contributed by atoms with van der Waals surface area (Å²) in [5, 5.41) is 10.5. The van der Waals surface area contributed by atoms with E-state index in [1.807, 2.05) is 0 Å². The normalized spacial score (nSPS) is 40.4. The molecule has 0 aromatic heterocycles. The van der Waals surface area contributed by atoms with Crippen LogP contribution in [-0.4, -0.2) is 11.2 Å². The van der Waals surface area contributed by atoms with E-state index in [4.69, 9.17) is 0 Å². The zero-order valence-corrected chi connectivity index (χ0v) is 11.7. The second-order valence-corrected chi connectivity index (χ2v) is 6.53. The SMILES string of the molecule is CCC1CCC(C(O)C2CCC(CC)C2)CC1. The van der Waals surface area contributed by atoms with Crippen LogP contribution < -0.4 is 0 Å². The second kappa shape index (κ2) is 6.22. The molecule has 0 saturated heterocycles. The van der Waals surface area contributed by atoms with Gasteiger partial charge in [-0.25, -0.2) is 0 Å². The van der Waals surface area contributed by atoms with Crippen LogP contribution in [0.15, 0.2) is 0 Å². The summed E-state index contributed by atoms with van der Waals surface area (Å²) in [6.07, 6.45) is 11.9. The molecule has 0 spiro atoms. The van der Waals surface area contributed by atoms with Crippen molar-refractivity contribution < 1.29 is 5.11 Å². The van der Waals surface area contributed by atoms with Crippen LogP contribution in [-0.2, 0) is 0 Å². The van der Waals surface area contributed by atoms with Gasteiger partial charge in [0.25, 0.3) is 0 Å². The Balaban J connectivity index is 1.78. The molecule has 17 heavy (non-hydrogen) atoms. The third kappa shape index (κ3) is 3.24. The summed E-state index contributed by atoms with van der Waals surface area (Å²) in [6.45, 7) is 4.61. The molecule has 2 aliphatic rings. The van der Waals surface area contributed by atoms with Crippen molar-refractivity contribution >= 4 is 0 Å². The molecule has 0 radical (unpaired) electrons. The molecular formula is C16H30O. The summed E-state index contributed by atoms with van der Waals surface area (Å²) in [4.78, 5) is 0. The van der Waals surface area contributed by atoms with E-state index < -0.39 is 0 Å². The van der Waals surface area contributed by atoms with Crippen LogP contribution in [0.5, 0.6) is 0 Å². The van der Waals surface area contributed by atoms with Crippen molar-refractivity contribution in [3.05, 3.63) is 0 Å². The maximum Gasteiger partial charge on any atom is 0.0596 e. The van der Waals surface area contributed by atoms with Crippen molar-refractivity contribution in [3.8, 4) is 0 Å². The van der Waals surface area contributed by atoms with Gasteiger partial charge in [-0.05, 0) is 49.4 Å². The first-order valence-electron chi connectivity index (χ1n) is 7.92. The Morgan fingerprint density at radius 1 is 0.824 bits per heavy atom. The molecule has 1 nitrogen and oxygen atoms in total. The minimum absolute atomic E-state index is 0.0179. The maximum atomic E-state index is 10.5. The fourth-order valence-electron chi connectivity index (χ4n) is 4.12. The Morgan fingerprint density at radius 3 is 1.88 bits per heavy atom. The smallest absolute Gasteiger partial charge is 0.0596 e. The van der Waals surface area contributed by atoms with Crippen LogP contribution in [0.2, 0.25) is 0 Å². The van der Waals surface area contributed by atoms with Gasteiger partial charge in [0.15, 0.2) is 0 Å². The van der Waals surface area contributed by atoms with Crippen LogP contribution >= 0.6 is 0 Å². The highest BCUT2D eigenvalue weighted by atomic mass is 16.3. The summed E-state index contributed by atoms with van der Waals surface area (Å²) in [5.41, 5.74) is 0. The van der Waals surface area contributed by atoms with Crippen LogP contribution in [0.25, 0.3) is 0 Å². The Kier molecular flexibility index (Phi) is 4.90. The molecule has 100 valence electrons. The monoisotopic (exact) mass is 238 g/mol. The van der Waals surface area contributed by atoms with Crippen molar-refractivity contribution in [2.24, 2.45) is 23.7 Å². The lowest BCUT2D eigenvalue weighted by molar-refractivity contribution is 0.0263. The van der Waals surface area contributed by atoms with Gasteiger partial charge in [0.05, 0.1) is 6.10 Å². The van der Waals surface area contributed by atoms with Crippen LogP contribution in [0.3, 0.4) is 0 Å². The molecule has 2 aliphatic carbocycles. The van der Waals surface area contributed by atoms with Gasteiger partial charge < -0.3 is 5.11 Å². The molecule has 0 aliphatic heterocycles. The first kappa shape index (κ1) is 13.4. The van der Waals surface area contributed by atoms with Crippen LogP contribution in [0.4, 0.5) is 0 Å². The molecule has 0 aromatic rings. The highest BCUT2D eigenvalue weighted by Gasteiger charge is 2.34.